The van der Waals surface area contributed by atoms with Gasteiger partial charge in [0, 0.05) is 26.2 Å². The van der Waals surface area contributed by atoms with Crippen LogP contribution in [0.3, 0.4) is 0 Å². The van der Waals surface area contributed by atoms with Crippen molar-refractivity contribution in [2.45, 2.75) is 32.7 Å². The fourth-order valence-electron chi connectivity index (χ4n) is 2.41. The van der Waals surface area contributed by atoms with Gasteiger partial charge in [-0.05, 0) is 5.92 Å². The summed E-state index contributed by atoms with van der Waals surface area (Å²) < 4.78 is 0. The molecule has 1 unspecified atom stereocenters. The molecular formula is C11H23N3O. The van der Waals surface area contributed by atoms with Gasteiger partial charge in [0.15, 0.2) is 0 Å². The topological polar surface area (TPSA) is 58.4 Å². The van der Waals surface area contributed by atoms with Crippen LogP contribution in [0.25, 0.3) is 0 Å². The molecule has 3 N–H and O–H groups in total. The number of nitrogens with two attached hydrogens (primary N) is 1. The predicted molar refractivity (Wildman–Crippen MR) is 61.5 cm³/mol. The molecule has 1 fully saturated rings. The third-order valence-corrected chi connectivity index (χ3v) is 3.33. The molecule has 1 atom stereocenters. The maximum absolute atomic E-state index is 11.5. The molecule has 0 radical (unpaired) electrons. The van der Waals surface area contributed by atoms with Gasteiger partial charge in [0.1, 0.15) is 0 Å². The number of piperazine rings is 1. The third-order valence-electron chi connectivity index (χ3n) is 3.33. The third kappa shape index (κ3) is 3.18. The number of carbonyl (C=O) groups is 1. The van der Waals surface area contributed by atoms with E-state index in [9.17, 15) is 4.79 Å². The van der Waals surface area contributed by atoms with E-state index in [0.29, 0.717) is 5.92 Å². The van der Waals surface area contributed by atoms with E-state index >= 15 is 0 Å². The molecule has 0 aromatic heterocycles. The van der Waals surface area contributed by atoms with E-state index in [1.807, 2.05) is 0 Å². The molecule has 1 amide bonds. The fourth-order valence-corrected chi connectivity index (χ4v) is 2.41. The number of amides is 1. The summed E-state index contributed by atoms with van der Waals surface area (Å²) in [5, 5.41) is 3.29. The predicted octanol–water partition coefficient (Wildman–Crippen LogP) is 0.182. The van der Waals surface area contributed by atoms with Crippen molar-refractivity contribution in [2.24, 2.45) is 11.7 Å². The van der Waals surface area contributed by atoms with Gasteiger partial charge in [0.05, 0.1) is 6.04 Å². The molecule has 1 rings (SSSR count). The van der Waals surface area contributed by atoms with Crippen molar-refractivity contribution in [3.05, 3.63) is 0 Å². The SMILES string of the molecule is CCC(CC)C(C(N)=O)N1CCNCC1. The zero-order chi connectivity index (χ0) is 11.3. The molecular weight excluding hydrogens is 190 g/mol. The van der Waals surface area contributed by atoms with Crippen LogP contribution < -0.4 is 11.1 Å². The maximum atomic E-state index is 11.5. The first-order chi connectivity index (χ1) is 7.20. The van der Waals surface area contributed by atoms with Crippen molar-refractivity contribution < 1.29 is 4.79 Å². The van der Waals surface area contributed by atoms with Gasteiger partial charge in [0.25, 0.3) is 0 Å². The molecule has 0 saturated carbocycles. The normalized spacial score (nSPS) is 20.5. The summed E-state index contributed by atoms with van der Waals surface area (Å²) in [6, 6.07) is -0.0675. The van der Waals surface area contributed by atoms with Crippen LogP contribution >= 0.6 is 0 Å². The van der Waals surface area contributed by atoms with Crippen LogP contribution in [0, 0.1) is 5.92 Å². The number of primary amides is 1. The lowest BCUT2D eigenvalue weighted by Crippen LogP contribution is -2.55. The van der Waals surface area contributed by atoms with Crippen LogP contribution in [0.2, 0.25) is 0 Å². The number of rotatable bonds is 5. The highest BCUT2D eigenvalue weighted by molar-refractivity contribution is 5.80. The van der Waals surface area contributed by atoms with Crippen molar-refractivity contribution in [3.8, 4) is 0 Å². The fraction of sp³-hybridized carbons (Fsp3) is 0.909. The Kier molecular flexibility index (Phi) is 5.05. The Hall–Kier alpha value is -0.610. The lowest BCUT2D eigenvalue weighted by Gasteiger charge is -2.37. The second-order valence-electron chi connectivity index (χ2n) is 4.21. The van der Waals surface area contributed by atoms with E-state index in [2.05, 4.69) is 24.1 Å². The molecule has 1 heterocycles. The highest BCUT2D eigenvalue weighted by Gasteiger charge is 2.30. The number of nitrogens with zero attached hydrogens (tertiary/aromatic N) is 1. The Morgan fingerprint density at radius 2 is 1.87 bits per heavy atom. The lowest BCUT2D eigenvalue weighted by molar-refractivity contribution is -0.125. The van der Waals surface area contributed by atoms with E-state index in [4.69, 9.17) is 5.73 Å². The van der Waals surface area contributed by atoms with Crippen molar-refractivity contribution in [1.29, 1.82) is 0 Å². The maximum Gasteiger partial charge on any atom is 0.235 e. The summed E-state index contributed by atoms with van der Waals surface area (Å²) in [6.45, 7) is 8.06. The quantitative estimate of drug-likeness (QED) is 0.685. The van der Waals surface area contributed by atoms with Gasteiger partial charge >= 0.3 is 0 Å². The van der Waals surface area contributed by atoms with Crippen LogP contribution in [-0.4, -0.2) is 43.0 Å². The Bertz CT molecular complexity index is 198. The first-order valence-electron chi connectivity index (χ1n) is 5.94. The van der Waals surface area contributed by atoms with Gasteiger partial charge in [-0.1, -0.05) is 26.7 Å². The van der Waals surface area contributed by atoms with E-state index in [-0.39, 0.29) is 11.9 Å². The van der Waals surface area contributed by atoms with Crippen LogP contribution in [0.15, 0.2) is 0 Å². The Labute approximate surface area is 92.2 Å². The van der Waals surface area contributed by atoms with E-state index in [0.717, 1.165) is 39.0 Å². The smallest absolute Gasteiger partial charge is 0.235 e. The Morgan fingerprint density at radius 1 is 1.33 bits per heavy atom. The molecule has 0 bridgehead atoms. The summed E-state index contributed by atoms with van der Waals surface area (Å²) in [4.78, 5) is 13.8. The molecule has 0 aliphatic carbocycles. The van der Waals surface area contributed by atoms with Crippen LogP contribution in [0.1, 0.15) is 26.7 Å². The molecule has 4 nitrogen and oxygen atoms in total. The van der Waals surface area contributed by atoms with Crippen molar-refractivity contribution in [3.63, 3.8) is 0 Å². The number of carbonyl (C=O) groups excluding carboxylic acids is 1. The summed E-state index contributed by atoms with van der Waals surface area (Å²) in [6.07, 6.45) is 2.04. The average molecular weight is 213 g/mol. The molecule has 0 aromatic rings. The standard InChI is InChI=1S/C11H23N3O/c1-3-9(4-2)10(11(12)15)14-7-5-13-6-8-14/h9-10,13H,3-8H2,1-2H3,(H2,12,15). The van der Waals surface area contributed by atoms with Gasteiger partial charge < -0.3 is 11.1 Å². The molecule has 4 heteroatoms. The minimum Gasteiger partial charge on any atom is -0.368 e. The molecule has 15 heavy (non-hydrogen) atoms. The van der Waals surface area contributed by atoms with Crippen LogP contribution in [0.4, 0.5) is 0 Å². The molecule has 1 aliphatic heterocycles. The highest BCUT2D eigenvalue weighted by atomic mass is 16.1. The van der Waals surface area contributed by atoms with E-state index in [1.165, 1.54) is 0 Å². The first kappa shape index (κ1) is 12.5. The highest BCUT2D eigenvalue weighted by Crippen LogP contribution is 2.18. The molecule has 0 aromatic carbocycles. The van der Waals surface area contributed by atoms with Gasteiger partial charge in [-0.3, -0.25) is 9.69 Å². The minimum absolute atomic E-state index is 0.0675. The molecule has 1 aliphatic rings. The molecule has 88 valence electrons. The Balaban J connectivity index is 2.66. The summed E-state index contributed by atoms with van der Waals surface area (Å²) >= 11 is 0. The largest absolute Gasteiger partial charge is 0.368 e. The number of hydrogen-bond acceptors (Lipinski definition) is 3. The second-order valence-corrected chi connectivity index (χ2v) is 4.21. The second kappa shape index (κ2) is 6.08. The zero-order valence-electron chi connectivity index (χ0n) is 9.83. The van der Waals surface area contributed by atoms with Crippen LogP contribution in [0.5, 0.6) is 0 Å². The van der Waals surface area contributed by atoms with Gasteiger partial charge in [-0.25, -0.2) is 0 Å². The van der Waals surface area contributed by atoms with Crippen molar-refractivity contribution >= 4 is 5.91 Å². The molecule has 1 saturated heterocycles. The van der Waals surface area contributed by atoms with Gasteiger partial charge in [-0.15, -0.1) is 0 Å². The summed E-state index contributed by atoms with van der Waals surface area (Å²) in [7, 11) is 0. The van der Waals surface area contributed by atoms with Crippen LogP contribution in [-0.2, 0) is 4.79 Å². The monoisotopic (exact) mass is 213 g/mol. The molecule has 0 spiro atoms. The van der Waals surface area contributed by atoms with Gasteiger partial charge in [0.2, 0.25) is 5.91 Å². The van der Waals surface area contributed by atoms with E-state index < -0.39 is 0 Å². The van der Waals surface area contributed by atoms with Gasteiger partial charge in [-0.2, -0.15) is 0 Å². The number of nitrogens with one attached hydrogen (secondary N) is 1. The summed E-state index contributed by atoms with van der Waals surface area (Å²) in [5.74, 6) is 0.242. The lowest BCUT2D eigenvalue weighted by atomic mass is 9.92. The first-order valence-corrected chi connectivity index (χ1v) is 5.94. The van der Waals surface area contributed by atoms with Crippen molar-refractivity contribution in [1.82, 2.24) is 10.2 Å². The number of hydrogen-bond donors (Lipinski definition) is 2. The zero-order valence-corrected chi connectivity index (χ0v) is 9.83. The Morgan fingerprint density at radius 3 is 2.27 bits per heavy atom. The van der Waals surface area contributed by atoms with Crippen molar-refractivity contribution in [2.75, 3.05) is 26.2 Å². The van der Waals surface area contributed by atoms with E-state index in [1.54, 1.807) is 0 Å². The minimum atomic E-state index is -0.161. The average Bonchev–Trinajstić information content (AvgIpc) is 2.26. The summed E-state index contributed by atoms with van der Waals surface area (Å²) in [5.41, 5.74) is 5.52.